The second-order valence-electron chi connectivity index (χ2n) is 6.75. The number of ketones is 2. The molecule has 0 heterocycles. The number of nitrogens with zero attached hydrogens (tertiary/aromatic N) is 1. The lowest BCUT2D eigenvalue weighted by Crippen LogP contribution is -2.20. The number of hydrogen-bond acceptors (Lipinski definition) is 4. The smallest absolute Gasteiger partial charge is 0.211 e. The molecular weight excluding hydrogens is 290 g/mol. The van der Waals surface area contributed by atoms with Gasteiger partial charge in [0.05, 0.1) is 5.56 Å². The average molecular weight is 315 g/mol. The largest absolute Gasteiger partial charge is 0.491 e. The van der Waals surface area contributed by atoms with Crippen LogP contribution in [0.15, 0.2) is 18.2 Å². The van der Waals surface area contributed by atoms with Gasteiger partial charge in [-0.3, -0.25) is 9.59 Å². The normalized spacial score (nSPS) is 10.9. The molecule has 0 unspecified atom stereocenters. The van der Waals surface area contributed by atoms with Crippen molar-refractivity contribution in [1.82, 2.24) is 4.90 Å². The Hall–Kier alpha value is -2.12. The number of carbonyl (C=O) groups excluding carboxylic acids is 2. The van der Waals surface area contributed by atoms with Gasteiger partial charge in [-0.05, 0) is 45.1 Å². The van der Waals surface area contributed by atoms with Gasteiger partial charge in [0.15, 0.2) is 5.78 Å². The van der Waals surface area contributed by atoms with Gasteiger partial charge >= 0.3 is 0 Å². The first-order valence-electron chi connectivity index (χ1n) is 7.60. The quantitative estimate of drug-likeness (QED) is 0.619. The maximum absolute atomic E-state index is 11.9. The molecule has 23 heavy (non-hydrogen) atoms. The van der Waals surface area contributed by atoms with Gasteiger partial charge in [0.25, 0.3) is 0 Å². The van der Waals surface area contributed by atoms with E-state index in [1.54, 1.807) is 18.2 Å². The minimum atomic E-state index is -0.494. The zero-order valence-electron chi connectivity index (χ0n) is 14.8. The molecule has 0 N–H and O–H groups in total. The van der Waals surface area contributed by atoms with Crippen LogP contribution in [0.4, 0.5) is 0 Å². The highest BCUT2D eigenvalue weighted by Gasteiger charge is 2.18. The lowest BCUT2D eigenvalue weighted by atomic mass is 9.91. The number of likely N-dealkylation sites (N-methyl/N-ethyl adjacent to an activating group) is 1. The Morgan fingerprint density at radius 1 is 1.22 bits per heavy atom. The molecule has 0 atom stereocenters. The summed E-state index contributed by atoms with van der Waals surface area (Å²) in [6, 6.07) is 5.18. The van der Waals surface area contributed by atoms with Crippen molar-refractivity contribution in [3.8, 4) is 17.6 Å². The van der Waals surface area contributed by atoms with Crippen molar-refractivity contribution >= 4 is 11.6 Å². The highest BCUT2D eigenvalue weighted by Crippen LogP contribution is 2.21. The van der Waals surface area contributed by atoms with E-state index >= 15 is 0 Å². The molecular formula is C19H25NO3. The number of rotatable bonds is 5. The zero-order chi connectivity index (χ0) is 17.6. The van der Waals surface area contributed by atoms with Crippen molar-refractivity contribution in [2.45, 2.75) is 27.7 Å². The molecule has 0 fully saturated rings. The minimum Gasteiger partial charge on any atom is -0.491 e. The number of Topliss-reactive ketones (excluding diaryl/α,β-unsaturated/α-hetero) is 2. The molecule has 0 saturated heterocycles. The SMILES string of the molecule is CC(=O)c1cc(C#CC(=O)C(C)(C)C)ccc1OCCN(C)C. The summed E-state index contributed by atoms with van der Waals surface area (Å²) < 4.78 is 5.67. The van der Waals surface area contributed by atoms with Crippen molar-refractivity contribution in [3.63, 3.8) is 0 Å². The summed E-state index contributed by atoms with van der Waals surface area (Å²) in [5.74, 6) is 5.80. The molecule has 124 valence electrons. The predicted octanol–water partition coefficient (Wildman–Crippen LogP) is 2.80. The van der Waals surface area contributed by atoms with Crippen LogP contribution in [0.5, 0.6) is 5.75 Å². The van der Waals surface area contributed by atoms with Crippen molar-refractivity contribution in [2.24, 2.45) is 5.41 Å². The summed E-state index contributed by atoms with van der Waals surface area (Å²) in [5, 5.41) is 0. The lowest BCUT2D eigenvalue weighted by molar-refractivity contribution is -0.120. The van der Waals surface area contributed by atoms with Crippen molar-refractivity contribution < 1.29 is 14.3 Å². The van der Waals surface area contributed by atoms with E-state index in [0.717, 1.165) is 6.54 Å². The van der Waals surface area contributed by atoms with Crippen LogP contribution in [-0.2, 0) is 4.79 Å². The molecule has 0 aliphatic rings. The van der Waals surface area contributed by atoms with Crippen LogP contribution in [0.3, 0.4) is 0 Å². The monoisotopic (exact) mass is 315 g/mol. The molecule has 0 spiro atoms. The summed E-state index contributed by atoms with van der Waals surface area (Å²) in [5.41, 5.74) is 0.623. The number of carbonyl (C=O) groups is 2. The Labute approximate surface area is 138 Å². The Balaban J connectivity index is 2.98. The molecule has 0 saturated carbocycles. The van der Waals surface area contributed by atoms with E-state index in [9.17, 15) is 9.59 Å². The number of benzene rings is 1. The van der Waals surface area contributed by atoms with Crippen molar-refractivity contribution in [3.05, 3.63) is 29.3 Å². The van der Waals surface area contributed by atoms with E-state index in [0.29, 0.717) is 23.5 Å². The Kier molecular flexibility index (Phi) is 6.53. The van der Waals surface area contributed by atoms with Crippen LogP contribution in [0, 0.1) is 17.3 Å². The topological polar surface area (TPSA) is 46.6 Å². The predicted molar refractivity (Wildman–Crippen MR) is 91.8 cm³/mol. The molecule has 0 amide bonds. The highest BCUT2D eigenvalue weighted by molar-refractivity contribution is 6.00. The second kappa shape index (κ2) is 7.94. The molecule has 0 aromatic heterocycles. The van der Waals surface area contributed by atoms with Gasteiger partial charge in [0.1, 0.15) is 12.4 Å². The Morgan fingerprint density at radius 3 is 2.39 bits per heavy atom. The molecule has 0 aliphatic carbocycles. The van der Waals surface area contributed by atoms with Gasteiger partial charge in [-0.1, -0.05) is 26.7 Å². The number of ether oxygens (including phenoxy) is 1. The molecule has 4 nitrogen and oxygen atoms in total. The van der Waals surface area contributed by atoms with Gasteiger partial charge in [0.2, 0.25) is 5.78 Å². The van der Waals surface area contributed by atoms with E-state index in [2.05, 4.69) is 11.8 Å². The number of hydrogen-bond donors (Lipinski definition) is 0. The fourth-order valence-electron chi connectivity index (χ4n) is 1.66. The van der Waals surface area contributed by atoms with Crippen LogP contribution >= 0.6 is 0 Å². The van der Waals surface area contributed by atoms with Gasteiger partial charge < -0.3 is 9.64 Å². The van der Waals surface area contributed by atoms with Crippen LogP contribution in [-0.4, -0.2) is 43.7 Å². The van der Waals surface area contributed by atoms with Gasteiger partial charge in [-0.25, -0.2) is 0 Å². The molecule has 1 aromatic carbocycles. The molecule has 4 heteroatoms. The van der Waals surface area contributed by atoms with E-state index in [1.165, 1.54) is 6.92 Å². The van der Waals surface area contributed by atoms with Gasteiger partial charge in [-0.2, -0.15) is 0 Å². The van der Waals surface area contributed by atoms with E-state index in [-0.39, 0.29) is 11.6 Å². The first-order chi connectivity index (χ1) is 10.6. The first kappa shape index (κ1) is 18.9. The second-order valence-corrected chi connectivity index (χ2v) is 6.75. The highest BCUT2D eigenvalue weighted by atomic mass is 16.5. The van der Waals surface area contributed by atoms with Crippen molar-refractivity contribution in [1.29, 1.82) is 0 Å². The Morgan fingerprint density at radius 2 is 1.87 bits per heavy atom. The first-order valence-corrected chi connectivity index (χ1v) is 7.60. The fraction of sp³-hybridized carbons (Fsp3) is 0.474. The van der Waals surface area contributed by atoms with Crippen LogP contribution < -0.4 is 4.74 Å². The third-order valence-electron chi connectivity index (χ3n) is 3.16. The molecule has 0 bridgehead atoms. The molecule has 1 aromatic rings. The third-order valence-corrected chi connectivity index (χ3v) is 3.16. The van der Waals surface area contributed by atoms with Gasteiger partial charge in [0, 0.05) is 17.5 Å². The average Bonchev–Trinajstić information content (AvgIpc) is 2.43. The maximum Gasteiger partial charge on any atom is 0.211 e. The fourth-order valence-corrected chi connectivity index (χ4v) is 1.66. The van der Waals surface area contributed by atoms with Crippen LogP contribution in [0.1, 0.15) is 43.6 Å². The summed E-state index contributed by atoms with van der Waals surface area (Å²) >= 11 is 0. The lowest BCUT2D eigenvalue weighted by Gasteiger charge is -2.13. The van der Waals surface area contributed by atoms with E-state index in [4.69, 9.17) is 4.74 Å². The third kappa shape index (κ3) is 6.25. The minimum absolute atomic E-state index is 0.0874. The molecule has 1 rings (SSSR count). The van der Waals surface area contributed by atoms with Crippen LogP contribution in [0.25, 0.3) is 0 Å². The van der Waals surface area contributed by atoms with Crippen molar-refractivity contribution in [2.75, 3.05) is 27.2 Å². The summed E-state index contributed by atoms with van der Waals surface area (Å²) in [4.78, 5) is 25.7. The summed E-state index contributed by atoms with van der Waals surface area (Å²) in [6.07, 6.45) is 0. The van der Waals surface area contributed by atoms with Crippen LogP contribution in [0.2, 0.25) is 0 Å². The standard InChI is InChI=1S/C19H25NO3/c1-14(21)16-13-15(8-10-18(22)19(2,3)4)7-9-17(16)23-12-11-20(5)6/h7,9,13H,11-12H2,1-6H3. The van der Waals surface area contributed by atoms with Gasteiger partial charge in [-0.15, -0.1) is 0 Å². The summed E-state index contributed by atoms with van der Waals surface area (Å²) in [7, 11) is 3.92. The zero-order valence-corrected chi connectivity index (χ0v) is 14.8. The maximum atomic E-state index is 11.9. The summed E-state index contributed by atoms with van der Waals surface area (Å²) in [6.45, 7) is 8.23. The Bertz CT molecular complexity index is 643. The van der Waals surface area contributed by atoms with E-state index < -0.39 is 5.41 Å². The van der Waals surface area contributed by atoms with E-state index in [1.807, 2.05) is 39.8 Å². The molecule has 0 aliphatic heterocycles. The molecule has 0 radical (unpaired) electrons.